The Morgan fingerprint density at radius 3 is 2.93 bits per heavy atom. The normalized spacial score (nSPS) is 26.7. The zero-order valence-corrected chi connectivity index (χ0v) is 9.30. The van der Waals surface area contributed by atoms with Crippen LogP contribution in [-0.2, 0) is 4.74 Å². The van der Waals surface area contributed by atoms with E-state index < -0.39 is 0 Å². The van der Waals surface area contributed by atoms with Crippen molar-refractivity contribution < 1.29 is 4.74 Å². The van der Waals surface area contributed by atoms with Gasteiger partial charge in [0.2, 0.25) is 5.13 Å². The van der Waals surface area contributed by atoms with Crippen molar-refractivity contribution >= 4 is 16.5 Å². The van der Waals surface area contributed by atoms with Gasteiger partial charge < -0.3 is 10.1 Å². The topological polar surface area (TPSA) is 47.0 Å². The number of methoxy groups -OCH3 is 1. The van der Waals surface area contributed by atoms with Crippen molar-refractivity contribution in [2.45, 2.75) is 38.3 Å². The van der Waals surface area contributed by atoms with Gasteiger partial charge in [0.25, 0.3) is 0 Å². The molecule has 4 nitrogen and oxygen atoms in total. The number of nitrogens with zero attached hydrogens (tertiary/aromatic N) is 2. The van der Waals surface area contributed by atoms with Crippen LogP contribution >= 0.6 is 11.3 Å². The molecule has 0 spiro atoms. The van der Waals surface area contributed by atoms with E-state index in [1.54, 1.807) is 18.4 Å². The Morgan fingerprint density at radius 2 is 2.29 bits per heavy atom. The van der Waals surface area contributed by atoms with Gasteiger partial charge >= 0.3 is 0 Å². The van der Waals surface area contributed by atoms with Gasteiger partial charge in [0.05, 0.1) is 12.1 Å². The average Bonchev–Trinajstić information content (AvgIpc) is 2.76. The van der Waals surface area contributed by atoms with Crippen molar-refractivity contribution in [3.05, 3.63) is 5.01 Å². The SMILES string of the molecule is COC1CCCC1Nc1nnc(C)s1. The molecule has 1 aliphatic rings. The predicted molar refractivity (Wildman–Crippen MR) is 56.7 cm³/mol. The quantitative estimate of drug-likeness (QED) is 0.832. The summed E-state index contributed by atoms with van der Waals surface area (Å²) in [5.74, 6) is 0. The van der Waals surface area contributed by atoms with Crippen LogP contribution < -0.4 is 5.32 Å². The van der Waals surface area contributed by atoms with Gasteiger partial charge in [-0.3, -0.25) is 0 Å². The maximum Gasteiger partial charge on any atom is 0.205 e. The molecule has 0 radical (unpaired) electrons. The van der Waals surface area contributed by atoms with Gasteiger partial charge in [-0.15, -0.1) is 10.2 Å². The lowest BCUT2D eigenvalue weighted by molar-refractivity contribution is 0.101. The second kappa shape index (κ2) is 4.23. The Morgan fingerprint density at radius 1 is 1.43 bits per heavy atom. The molecule has 0 bridgehead atoms. The van der Waals surface area contributed by atoms with E-state index in [-0.39, 0.29) is 0 Å². The summed E-state index contributed by atoms with van der Waals surface area (Å²) in [5.41, 5.74) is 0. The molecule has 0 aromatic carbocycles. The number of aromatic nitrogens is 2. The fourth-order valence-corrected chi connectivity index (χ4v) is 2.54. The maximum atomic E-state index is 5.40. The van der Waals surface area contributed by atoms with Gasteiger partial charge in [0, 0.05) is 7.11 Å². The lowest BCUT2D eigenvalue weighted by Gasteiger charge is -2.18. The molecule has 1 aromatic rings. The Balaban J connectivity index is 1.96. The molecule has 0 aliphatic heterocycles. The smallest absolute Gasteiger partial charge is 0.205 e. The average molecular weight is 213 g/mol. The van der Waals surface area contributed by atoms with Crippen LogP contribution in [0.2, 0.25) is 0 Å². The van der Waals surface area contributed by atoms with Crippen LogP contribution in [0, 0.1) is 6.92 Å². The highest BCUT2D eigenvalue weighted by molar-refractivity contribution is 7.15. The van der Waals surface area contributed by atoms with E-state index >= 15 is 0 Å². The summed E-state index contributed by atoms with van der Waals surface area (Å²) in [6.07, 6.45) is 3.87. The van der Waals surface area contributed by atoms with Crippen LogP contribution in [0.5, 0.6) is 0 Å². The molecule has 78 valence electrons. The third-order valence-electron chi connectivity index (χ3n) is 2.59. The minimum atomic E-state index is 0.333. The summed E-state index contributed by atoms with van der Waals surface area (Å²) in [6, 6.07) is 0.410. The monoisotopic (exact) mass is 213 g/mol. The first-order chi connectivity index (χ1) is 6.79. The Kier molecular flexibility index (Phi) is 2.98. The number of aryl methyl sites for hydroxylation is 1. The molecule has 1 saturated carbocycles. The standard InChI is InChI=1S/C9H15N3OS/c1-6-11-12-9(14-6)10-7-4-3-5-8(7)13-2/h7-8H,3-5H2,1-2H3,(H,10,12). The van der Waals surface area contributed by atoms with E-state index in [0.29, 0.717) is 12.1 Å². The molecule has 1 fully saturated rings. The van der Waals surface area contributed by atoms with Crippen molar-refractivity contribution in [1.82, 2.24) is 10.2 Å². The van der Waals surface area contributed by atoms with E-state index in [1.807, 2.05) is 6.92 Å². The van der Waals surface area contributed by atoms with Crippen LogP contribution in [-0.4, -0.2) is 29.5 Å². The van der Waals surface area contributed by atoms with Crippen LogP contribution in [0.25, 0.3) is 0 Å². The number of hydrogen-bond acceptors (Lipinski definition) is 5. The third kappa shape index (κ3) is 2.04. The summed E-state index contributed by atoms with van der Waals surface area (Å²) >= 11 is 1.60. The molecule has 2 rings (SSSR count). The molecule has 0 amide bonds. The van der Waals surface area contributed by atoms with Gasteiger partial charge in [-0.2, -0.15) is 0 Å². The van der Waals surface area contributed by atoms with E-state index in [9.17, 15) is 0 Å². The highest BCUT2D eigenvalue weighted by Gasteiger charge is 2.27. The summed E-state index contributed by atoms with van der Waals surface area (Å²) in [5, 5.41) is 13.3. The third-order valence-corrected chi connectivity index (χ3v) is 3.36. The lowest BCUT2D eigenvalue weighted by Crippen LogP contribution is -2.29. The van der Waals surface area contributed by atoms with E-state index in [2.05, 4.69) is 15.5 Å². The van der Waals surface area contributed by atoms with Gasteiger partial charge in [0.15, 0.2) is 0 Å². The zero-order chi connectivity index (χ0) is 9.97. The molecule has 1 N–H and O–H groups in total. The van der Waals surface area contributed by atoms with Crippen molar-refractivity contribution in [1.29, 1.82) is 0 Å². The maximum absolute atomic E-state index is 5.40. The number of ether oxygens (including phenoxy) is 1. The van der Waals surface area contributed by atoms with E-state index in [4.69, 9.17) is 4.74 Å². The minimum Gasteiger partial charge on any atom is -0.379 e. The largest absolute Gasteiger partial charge is 0.379 e. The highest BCUT2D eigenvalue weighted by Crippen LogP contribution is 2.26. The van der Waals surface area contributed by atoms with Crippen LogP contribution in [0.1, 0.15) is 24.3 Å². The van der Waals surface area contributed by atoms with Crippen LogP contribution in [0.15, 0.2) is 0 Å². The molecule has 5 heteroatoms. The molecule has 1 aliphatic carbocycles. The summed E-state index contributed by atoms with van der Waals surface area (Å²) in [6.45, 7) is 1.96. The number of nitrogens with one attached hydrogen (secondary N) is 1. The van der Waals surface area contributed by atoms with E-state index in [1.165, 1.54) is 6.42 Å². The van der Waals surface area contributed by atoms with Gasteiger partial charge in [-0.25, -0.2) is 0 Å². The molecule has 1 aromatic heterocycles. The second-order valence-corrected chi connectivity index (χ2v) is 4.76. The second-order valence-electron chi connectivity index (χ2n) is 3.58. The first kappa shape index (κ1) is 9.86. The van der Waals surface area contributed by atoms with Crippen molar-refractivity contribution in [2.24, 2.45) is 0 Å². The minimum absolute atomic E-state index is 0.333. The van der Waals surface area contributed by atoms with Crippen molar-refractivity contribution in [3.63, 3.8) is 0 Å². The molecule has 14 heavy (non-hydrogen) atoms. The van der Waals surface area contributed by atoms with Crippen LogP contribution in [0.3, 0.4) is 0 Å². The molecular formula is C9H15N3OS. The summed E-state index contributed by atoms with van der Waals surface area (Å²) < 4.78 is 5.40. The lowest BCUT2D eigenvalue weighted by atomic mass is 10.2. The summed E-state index contributed by atoms with van der Waals surface area (Å²) in [7, 11) is 1.77. The number of rotatable bonds is 3. The molecule has 2 atom stereocenters. The van der Waals surface area contributed by atoms with Crippen molar-refractivity contribution in [3.8, 4) is 0 Å². The molecule has 2 unspecified atom stereocenters. The van der Waals surface area contributed by atoms with E-state index in [0.717, 1.165) is 23.0 Å². The van der Waals surface area contributed by atoms with Crippen LogP contribution in [0.4, 0.5) is 5.13 Å². The van der Waals surface area contributed by atoms with Crippen molar-refractivity contribution in [2.75, 3.05) is 12.4 Å². The fourth-order valence-electron chi connectivity index (χ4n) is 1.89. The van der Waals surface area contributed by atoms with Gasteiger partial charge in [0.1, 0.15) is 5.01 Å². The molecule has 1 heterocycles. The first-order valence-electron chi connectivity index (χ1n) is 4.89. The Bertz CT molecular complexity index is 302. The Labute approximate surface area is 87.7 Å². The summed E-state index contributed by atoms with van der Waals surface area (Å²) in [4.78, 5) is 0. The van der Waals surface area contributed by atoms with Gasteiger partial charge in [-0.1, -0.05) is 11.3 Å². The zero-order valence-electron chi connectivity index (χ0n) is 8.49. The highest BCUT2D eigenvalue weighted by atomic mass is 32.1. The predicted octanol–water partition coefficient (Wildman–Crippen LogP) is 1.83. The molecular weight excluding hydrogens is 198 g/mol. The number of anilines is 1. The van der Waals surface area contributed by atoms with Gasteiger partial charge in [-0.05, 0) is 26.2 Å². The first-order valence-corrected chi connectivity index (χ1v) is 5.70. The molecule has 0 saturated heterocycles. The fraction of sp³-hybridized carbons (Fsp3) is 0.778. The Hall–Kier alpha value is -0.680. The number of hydrogen-bond donors (Lipinski definition) is 1.